The summed E-state index contributed by atoms with van der Waals surface area (Å²) in [4.78, 5) is 11.5. The molecule has 0 saturated carbocycles. The maximum Gasteiger partial charge on any atom is 0.163 e. The fourth-order valence-electron chi connectivity index (χ4n) is 2.56. The number of carbonyl (C=O) groups excluding carboxylic acids is 1. The predicted molar refractivity (Wildman–Crippen MR) is 98.8 cm³/mol. The van der Waals surface area contributed by atoms with Crippen LogP contribution in [0, 0.1) is 10.7 Å². The van der Waals surface area contributed by atoms with E-state index in [9.17, 15) is 9.90 Å². The highest BCUT2D eigenvalue weighted by atomic mass is 32.2. The molecule has 1 N–H and O–H groups in total. The third-order valence-corrected chi connectivity index (χ3v) is 4.45. The molecule has 5 heteroatoms. The van der Waals surface area contributed by atoms with Crippen molar-refractivity contribution in [2.24, 2.45) is 0 Å². The zero-order valence-electron chi connectivity index (χ0n) is 14.6. The average Bonchev–Trinajstić information content (AvgIpc) is 2.56. The van der Waals surface area contributed by atoms with E-state index in [1.165, 1.54) is 18.7 Å². The fraction of sp³-hybridized carbons (Fsp3) is 0.579. The topological polar surface area (TPSA) is 70.3 Å². The van der Waals surface area contributed by atoms with Crippen molar-refractivity contribution in [1.82, 2.24) is 0 Å². The molecule has 1 rings (SSSR count). The monoisotopic (exact) mass is 349 g/mol. The van der Waals surface area contributed by atoms with E-state index in [-0.39, 0.29) is 11.5 Å². The summed E-state index contributed by atoms with van der Waals surface area (Å²) in [6, 6.07) is 3.43. The summed E-state index contributed by atoms with van der Waals surface area (Å²) < 4.78 is 5.83. The first-order valence-electron chi connectivity index (χ1n) is 8.61. The van der Waals surface area contributed by atoms with Gasteiger partial charge in [0.25, 0.3) is 0 Å². The maximum atomic E-state index is 11.5. The molecule has 0 bridgehead atoms. The number of nitriles is 1. The molecule has 0 atom stereocenters. The van der Waals surface area contributed by atoms with Crippen molar-refractivity contribution in [2.45, 2.75) is 58.8 Å². The number of carbonyl (C=O) groups is 1. The number of benzene rings is 1. The molecule has 0 fully saturated rings. The molecule has 4 nitrogen and oxygen atoms in total. The number of thiocyanates is 1. The number of rotatable bonds is 12. The Balaban J connectivity index is 2.43. The average molecular weight is 349 g/mol. The van der Waals surface area contributed by atoms with Gasteiger partial charge in [-0.15, -0.1) is 0 Å². The van der Waals surface area contributed by atoms with Crippen molar-refractivity contribution in [3.8, 4) is 16.9 Å². The molecule has 0 heterocycles. The molecule has 0 aliphatic carbocycles. The lowest BCUT2D eigenvalue weighted by Crippen LogP contribution is -2.03. The molecule has 24 heavy (non-hydrogen) atoms. The van der Waals surface area contributed by atoms with E-state index in [0.717, 1.165) is 49.8 Å². The van der Waals surface area contributed by atoms with Crippen LogP contribution in [0.2, 0.25) is 0 Å². The van der Waals surface area contributed by atoms with Crippen LogP contribution in [0.1, 0.15) is 68.3 Å². The largest absolute Gasteiger partial charge is 0.507 e. The molecule has 0 spiro atoms. The highest BCUT2D eigenvalue weighted by molar-refractivity contribution is 8.03. The Morgan fingerprint density at radius 3 is 2.62 bits per heavy atom. The second kappa shape index (κ2) is 11.8. The molecule has 1 aromatic rings. The highest BCUT2D eigenvalue weighted by Gasteiger charge is 2.15. The number of ether oxygens (including phenoxy) is 1. The first kappa shape index (κ1) is 20.4. The maximum absolute atomic E-state index is 11.5. The van der Waals surface area contributed by atoms with Gasteiger partial charge in [0.2, 0.25) is 0 Å². The number of nitrogens with zero attached hydrogens (tertiary/aromatic N) is 1. The third-order valence-electron chi connectivity index (χ3n) is 3.83. The van der Waals surface area contributed by atoms with Crippen LogP contribution in [0.25, 0.3) is 0 Å². The van der Waals surface area contributed by atoms with Crippen molar-refractivity contribution < 1.29 is 14.6 Å². The summed E-state index contributed by atoms with van der Waals surface area (Å²) in [5.41, 5.74) is 1.10. The lowest BCUT2D eigenvalue weighted by Gasteiger charge is -2.14. The van der Waals surface area contributed by atoms with Crippen molar-refractivity contribution in [3.63, 3.8) is 0 Å². The van der Waals surface area contributed by atoms with Gasteiger partial charge in [0, 0.05) is 11.3 Å². The molecular weight excluding hydrogens is 322 g/mol. The Morgan fingerprint density at radius 1 is 1.25 bits per heavy atom. The van der Waals surface area contributed by atoms with E-state index in [0.29, 0.717) is 24.3 Å². The van der Waals surface area contributed by atoms with E-state index < -0.39 is 0 Å². The summed E-state index contributed by atoms with van der Waals surface area (Å²) in [5, 5.41) is 20.8. The summed E-state index contributed by atoms with van der Waals surface area (Å²) in [5.74, 6) is 1.53. The smallest absolute Gasteiger partial charge is 0.163 e. The predicted octanol–water partition coefficient (Wildman–Crippen LogP) is 5.09. The number of phenols is 1. The van der Waals surface area contributed by atoms with Gasteiger partial charge in [-0.1, -0.05) is 32.6 Å². The lowest BCUT2D eigenvalue weighted by atomic mass is 10.0. The summed E-state index contributed by atoms with van der Waals surface area (Å²) >= 11 is 1.32. The number of aromatic hydroxyl groups is 1. The zero-order valence-corrected chi connectivity index (χ0v) is 15.5. The highest BCUT2D eigenvalue weighted by Crippen LogP contribution is 2.33. The Labute approximate surface area is 149 Å². The van der Waals surface area contributed by atoms with Crippen LogP contribution >= 0.6 is 11.8 Å². The SMILES string of the molecule is CCCc1c(OCCCCCCCSC#N)ccc(C(C)=O)c1O. The van der Waals surface area contributed by atoms with Gasteiger partial charge in [-0.25, -0.2) is 0 Å². The molecule has 0 amide bonds. The normalized spacial score (nSPS) is 10.4. The Kier molecular flexibility index (Phi) is 10.0. The van der Waals surface area contributed by atoms with Crippen LogP contribution in [-0.4, -0.2) is 23.2 Å². The van der Waals surface area contributed by atoms with Crippen LogP contribution in [0.4, 0.5) is 0 Å². The van der Waals surface area contributed by atoms with Gasteiger partial charge >= 0.3 is 0 Å². The van der Waals surface area contributed by atoms with E-state index in [1.54, 1.807) is 12.1 Å². The second-order valence-electron chi connectivity index (χ2n) is 5.80. The van der Waals surface area contributed by atoms with Gasteiger partial charge < -0.3 is 9.84 Å². The number of hydrogen-bond donors (Lipinski definition) is 1. The van der Waals surface area contributed by atoms with Crippen LogP contribution in [0.3, 0.4) is 0 Å². The van der Waals surface area contributed by atoms with Crippen molar-refractivity contribution in [2.75, 3.05) is 12.4 Å². The minimum atomic E-state index is -0.133. The fourth-order valence-corrected chi connectivity index (χ4v) is 3.00. The van der Waals surface area contributed by atoms with Gasteiger partial charge in [-0.3, -0.25) is 4.79 Å². The molecule has 0 saturated heterocycles. The minimum Gasteiger partial charge on any atom is -0.507 e. The van der Waals surface area contributed by atoms with Gasteiger partial charge in [0.1, 0.15) is 16.9 Å². The van der Waals surface area contributed by atoms with Crippen LogP contribution in [-0.2, 0) is 6.42 Å². The summed E-state index contributed by atoms with van der Waals surface area (Å²) in [7, 11) is 0. The van der Waals surface area contributed by atoms with E-state index in [2.05, 4.69) is 5.40 Å². The molecule has 0 radical (unpaired) electrons. The number of ketones is 1. The molecular formula is C19H27NO3S. The van der Waals surface area contributed by atoms with E-state index >= 15 is 0 Å². The standard InChI is InChI=1S/C19H27NO3S/c1-3-9-17-18(11-10-16(15(2)21)19(17)22)23-12-7-5-4-6-8-13-24-14-20/h10-11,22H,3-9,12-13H2,1-2H3. The number of phenolic OH excluding ortho intramolecular Hbond substituents is 1. The van der Waals surface area contributed by atoms with E-state index in [4.69, 9.17) is 10.00 Å². The lowest BCUT2D eigenvalue weighted by molar-refractivity contribution is 0.101. The molecule has 0 unspecified atom stereocenters. The number of thioether (sulfide) groups is 1. The van der Waals surface area contributed by atoms with Crippen molar-refractivity contribution >= 4 is 17.5 Å². The Morgan fingerprint density at radius 2 is 1.96 bits per heavy atom. The first-order chi connectivity index (χ1) is 11.6. The molecule has 132 valence electrons. The summed E-state index contributed by atoms with van der Waals surface area (Å²) in [6.07, 6.45) is 7.00. The molecule has 1 aromatic carbocycles. The number of hydrogen-bond acceptors (Lipinski definition) is 5. The van der Waals surface area contributed by atoms with Crippen LogP contribution in [0.15, 0.2) is 12.1 Å². The Bertz CT molecular complexity index is 566. The third kappa shape index (κ3) is 6.84. The van der Waals surface area contributed by atoms with Crippen LogP contribution in [0.5, 0.6) is 11.5 Å². The van der Waals surface area contributed by atoms with Crippen LogP contribution < -0.4 is 4.74 Å². The van der Waals surface area contributed by atoms with Gasteiger partial charge in [-0.2, -0.15) is 5.26 Å². The Hall–Kier alpha value is -1.67. The first-order valence-corrected chi connectivity index (χ1v) is 9.59. The van der Waals surface area contributed by atoms with Crippen molar-refractivity contribution in [1.29, 1.82) is 5.26 Å². The molecule has 0 aliphatic rings. The summed E-state index contributed by atoms with van der Waals surface area (Å²) in [6.45, 7) is 4.11. The van der Waals surface area contributed by atoms with Crippen molar-refractivity contribution in [3.05, 3.63) is 23.3 Å². The quantitative estimate of drug-likeness (QED) is 0.323. The van der Waals surface area contributed by atoms with Gasteiger partial charge in [0.15, 0.2) is 5.78 Å². The molecule has 0 aromatic heterocycles. The second-order valence-corrected chi connectivity index (χ2v) is 6.68. The molecule has 0 aliphatic heterocycles. The number of unbranched alkanes of at least 4 members (excludes halogenated alkanes) is 4. The number of Topliss-reactive ketones (excluding diaryl/α,β-unsaturated/α-hetero) is 1. The van der Waals surface area contributed by atoms with E-state index in [1.807, 2.05) is 6.92 Å². The van der Waals surface area contributed by atoms with Gasteiger partial charge in [-0.05, 0) is 50.1 Å². The minimum absolute atomic E-state index is 0.0665. The zero-order chi connectivity index (χ0) is 17.8. The van der Waals surface area contributed by atoms with Gasteiger partial charge in [0.05, 0.1) is 12.2 Å².